The smallest absolute Gasteiger partial charge is 0.253 e. The van der Waals surface area contributed by atoms with E-state index in [9.17, 15) is 24.3 Å². The average Bonchev–Trinajstić information content (AvgIpc) is 3.50. The molecule has 3 heterocycles. The molecule has 6 rings (SSSR count). The van der Waals surface area contributed by atoms with Crippen LogP contribution in [0.5, 0.6) is 0 Å². The first kappa shape index (κ1) is 24.4. The number of amides is 4. The summed E-state index contributed by atoms with van der Waals surface area (Å²) in [6, 6.07) is 12.4. The van der Waals surface area contributed by atoms with Crippen molar-refractivity contribution in [3.05, 3.63) is 71.2 Å². The maximum Gasteiger partial charge on any atom is 0.253 e. The summed E-state index contributed by atoms with van der Waals surface area (Å²) in [5, 5.41) is 9.57. The van der Waals surface area contributed by atoms with Crippen LogP contribution in [0.3, 0.4) is 0 Å². The number of carbonyl (C=O) groups excluding carboxylic acids is 4. The normalized spacial score (nSPS) is 35.0. The molecule has 1 aromatic carbocycles. The van der Waals surface area contributed by atoms with E-state index in [-0.39, 0.29) is 49.3 Å². The van der Waals surface area contributed by atoms with E-state index in [2.05, 4.69) is 0 Å². The van der Waals surface area contributed by atoms with Crippen LogP contribution < -0.4 is 0 Å². The molecule has 4 amide bonds. The molecule has 2 aliphatic carbocycles. The summed E-state index contributed by atoms with van der Waals surface area (Å²) in [5.41, 5.74) is 1.49. The van der Waals surface area contributed by atoms with E-state index in [1.807, 2.05) is 36.4 Å². The van der Waals surface area contributed by atoms with Gasteiger partial charge < -0.3 is 9.52 Å². The number of hydrogen-bond donors (Lipinski definition) is 1. The lowest BCUT2D eigenvalue weighted by molar-refractivity contribution is -0.141. The highest BCUT2D eigenvalue weighted by molar-refractivity contribution is 6.53. The molecular weight excluding hydrogens is 519 g/mol. The number of halogens is 2. The van der Waals surface area contributed by atoms with Crippen molar-refractivity contribution in [3.63, 3.8) is 0 Å². The van der Waals surface area contributed by atoms with E-state index >= 15 is 0 Å². The molecule has 0 bridgehead atoms. The molecule has 2 saturated heterocycles. The van der Waals surface area contributed by atoms with Gasteiger partial charge in [-0.2, -0.15) is 0 Å². The van der Waals surface area contributed by atoms with Gasteiger partial charge in [0.15, 0.2) is 9.75 Å². The van der Waals surface area contributed by atoms with Gasteiger partial charge in [0.2, 0.25) is 11.8 Å². The molecule has 6 unspecified atom stereocenters. The van der Waals surface area contributed by atoms with Gasteiger partial charge >= 0.3 is 0 Å². The molecule has 0 radical (unpaired) electrons. The standard InChI is InChI=1S/C27H24Cl2N2O6/c1-30-24(35)26(28)11-18-16(21(27(26,29)25(30)36)19-10-7-15(13-32)37-19)8-9-17-20(18)23(34)31(22(17)33)12-14-5-3-2-4-6-14/h2-8,10,17-18,20-21,32H,9,11-13H2,1H3. The van der Waals surface area contributed by atoms with Crippen molar-refractivity contribution in [2.75, 3.05) is 7.05 Å². The summed E-state index contributed by atoms with van der Waals surface area (Å²) >= 11 is 14.1. The first-order chi connectivity index (χ1) is 17.6. The van der Waals surface area contributed by atoms with E-state index < -0.39 is 45.2 Å². The Morgan fingerprint density at radius 2 is 1.73 bits per heavy atom. The Labute approximate surface area is 222 Å². The Bertz CT molecular complexity index is 1370. The van der Waals surface area contributed by atoms with Gasteiger partial charge in [-0.05, 0) is 36.5 Å². The number of rotatable bonds is 4. The lowest BCUT2D eigenvalue weighted by Crippen LogP contribution is -2.60. The first-order valence-electron chi connectivity index (χ1n) is 12.1. The van der Waals surface area contributed by atoms with Gasteiger partial charge in [0.05, 0.1) is 24.3 Å². The third-order valence-corrected chi connectivity index (χ3v) is 9.83. The van der Waals surface area contributed by atoms with Crippen LogP contribution in [0.4, 0.5) is 0 Å². The summed E-state index contributed by atoms with van der Waals surface area (Å²) in [6.45, 7) is -0.212. The number of aliphatic hydroxyl groups excluding tert-OH is 1. The zero-order valence-corrected chi connectivity index (χ0v) is 21.4. The Hall–Kier alpha value is -2.94. The van der Waals surface area contributed by atoms with Crippen LogP contribution in [0.15, 0.2) is 58.5 Å². The third kappa shape index (κ3) is 3.12. The molecule has 1 saturated carbocycles. The van der Waals surface area contributed by atoms with Crippen LogP contribution in [0.25, 0.3) is 0 Å². The van der Waals surface area contributed by atoms with Gasteiger partial charge in [-0.25, -0.2) is 0 Å². The van der Waals surface area contributed by atoms with Crippen LogP contribution in [-0.2, 0) is 32.3 Å². The number of hydrogen-bond acceptors (Lipinski definition) is 6. The van der Waals surface area contributed by atoms with Gasteiger partial charge in [-0.15, -0.1) is 23.2 Å². The van der Waals surface area contributed by atoms with E-state index in [1.165, 1.54) is 11.9 Å². The third-order valence-electron chi connectivity index (χ3n) is 8.41. The number of benzene rings is 1. The van der Waals surface area contributed by atoms with E-state index in [1.54, 1.807) is 12.1 Å². The SMILES string of the molecule is CN1C(=O)C2(Cl)CC3C(=CCC4C(=O)N(Cc5ccccc5)C(=O)C43)C(c3ccc(CO)o3)C2(Cl)C1=O. The van der Waals surface area contributed by atoms with Crippen molar-refractivity contribution >= 4 is 46.8 Å². The monoisotopic (exact) mass is 542 g/mol. The Morgan fingerprint density at radius 1 is 1.00 bits per heavy atom. The summed E-state index contributed by atoms with van der Waals surface area (Å²) in [5.74, 6) is -4.24. The molecule has 8 nitrogen and oxygen atoms in total. The zero-order valence-electron chi connectivity index (χ0n) is 19.9. The molecule has 6 atom stereocenters. The molecule has 1 aromatic heterocycles. The summed E-state index contributed by atoms with van der Waals surface area (Å²) in [6.07, 6.45) is 2.07. The summed E-state index contributed by atoms with van der Waals surface area (Å²) < 4.78 is 5.84. The molecule has 37 heavy (non-hydrogen) atoms. The minimum Gasteiger partial charge on any atom is -0.463 e. The van der Waals surface area contributed by atoms with Crippen LogP contribution in [-0.4, -0.2) is 55.3 Å². The average molecular weight is 543 g/mol. The van der Waals surface area contributed by atoms with Crippen molar-refractivity contribution in [2.24, 2.45) is 17.8 Å². The molecular formula is C27H24Cl2N2O6. The quantitative estimate of drug-likeness (QED) is 0.361. The summed E-state index contributed by atoms with van der Waals surface area (Å²) in [7, 11) is 1.34. The van der Waals surface area contributed by atoms with Crippen molar-refractivity contribution < 1.29 is 28.7 Å². The predicted octanol–water partition coefficient (Wildman–Crippen LogP) is 2.96. The minimum atomic E-state index is -1.89. The second kappa shape index (κ2) is 8.28. The molecule has 1 N–H and O–H groups in total. The van der Waals surface area contributed by atoms with Crippen molar-refractivity contribution in [1.82, 2.24) is 9.80 Å². The maximum atomic E-state index is 13.8. The number of allylic oxidation sites excluding steroid dienone is 2. The maximum absolute atomic E-state index is 13.8. The lowest BCUT2D eigenvalue weighted by atomic mass is 9.57. The van der Waals surface area contributed by atoms with Gasteiger partial charge in [0.1, 0.15) is 18.1 Å². The van der Waals surface area contributed by atoms with Gasteiger partial charge in [0.25, 0.3) is 11.8 Å². The van der Waals surface area contributed by atoms with Crippen molar-refractivity contribution in [3.8, 4) is 0 Å². The number of alkyl halides is 2. The second-order valence-corrected chi connectivity index (χ2v) is 11.4. The van der Waals surface area contributed by atoms with Crippen LogP contribution in [0.2, 0.25) is 0 Å². The topological polar surface area (TPSA) is 108 Å². The fraction of sp³-hybridized carbons (Fsp3) is 0.407. The first-order valence-corrected chi connectivity index (χ1v) is 12.9. The van der Waals surface area contributed by atoms with Gasteiger partial charge in [0, 0.05) is 7.05 Å². The van der Waals surface area contributed by atoms with E-state index in [4.69, 9.17) is 27.6 Å². The molecule has 10 heteroatoms. The molecule has 192 valence electrons. The Kier molecular flexibility index (Phi) is 5.46. The van der Waals surface area contributed by atoms with Crippen LogP contribution >= 0.6 is 23.2 Å². The molecule has 3 fully saturated rings. The minimum absolute atomic E-state index is 0.0672. The fourth-order valence-corrected chi connectivity index (χ4v) is 7.68. The van der Waals surface area contributed by atoms with Gasteiger partial charge in [-0.3, -0.25) is 29.0 Å². The fourth-order valence-electron chi connectivity index (χ4n) is 6.68. The van der Waals surface area contributed by atoms with E-state index in [0.717, 1.165) is 10.5 Å². The Balaban J connectivity index is 1.46. The van der Waals surface area contributed by atoms with Crippen molar-refractivity contribution in [1.29, 1.82) is 0 Å². The summed E-state index contributed by atoms with van der Waals surface area (Å²) in [4.78, 5) is 52.5. The number of fused-ring (bicyclic) bond motifs is 4. The van der Waals surface area contributed by atoms with Gasteiger partial charge in [-0.1, -0.05) is 42.0 Å². The molecule has 2 aliphatic heterocycles. The largest absolute Gasteiger partial charge is 0.463 e. The Morgan fingerprint density at radius 3 is 2.41 bits per heavy atom. The van der Waals surface area contributed by atoms with Crippen molar-refractivity contribution in [2.45, 2.75) is 41.7 Å². The highest BCUT2D eigenvalue weighted by Crippen LogP contribution is 2.65. The van der Waals surface area contributed by atoms with Crippen LogP contribution in [0.1, 0.15) is 35.8 Å². The predicted molar refractivity (Wildman–Crippen MR) is 132 cm³/mol. The number of imide groups is 2. The van der Waals surface area contributed by atoms with Crippen LogP contribution in [0, 0.1) is 17.8 Å². The molecule has 0 spiro atoms. The number of furan rings is 1. The second-order valence-electron chi connectivity index (χ2n) is 10.2. The number of carbonyl (C=O) groups is 4. The highest BCUT2D eigenvalue weighted by Gasteiger charge is 2.76. The number of likely N-dealkylation sites (tertiary alicyclic amines) is 2. The molecule has 4 aliphatic rings. The highest BCUT2D eigenvalue weighted by atomic mass is 35.5. The lowest BCUT2D eigenvalue weighted by Gasteiger charge is -2.49. The van der Waals surface area contributed by atoms with E-state index in [0.29, 0.717) is 5.57 Å². The zero-order chi connectivity index (χ0) is 26.3. The number of aliphatic hydroxyl groups is 1. The molecule has 2 aromatic rings. The number of nitrogens with zero attached hydrogens (tertiary/aromatic N) is 2.